The summed E-state index contributed by atoms with van der Waals surface area (Å²) in [5.74, 6) is -0.594. The fourth-order valence-corrected chi connectivity index (χ4v) is 5.56. The van der Waals surface area contributed by atoms with E-state index >= 15 is 0 Å². The highest BCUT2D eigenvalue weighted by Gasteiger charge is 2.31. The van der Waals surface area contributed by atoms with Crippen molar-refractivity contribution in [3.8, 4) is 0 Å². The van der Waals surface area contributed by atoms with Gasteiger partial charge in [-0.05, 0) is 44.4 Å². The molecule has 0 aromatic heterocycles. The molecular formula is C18H28N2O5S2. The smallest absolute Gasteiger partial charge is 0.251 e. The number of sulfone groups is 1. The van der Waals surface area contributed by atoms with Crippen molar-refractivity contribution in [2.45, 2.75) is 51.0 Å². The Morgan fingerprint density at radius 3 is 2.56 bits per heavy atom. The summed E-state index contributed by atoms with van der Waals surface area (Å²) < 4.78 is 50.5. The van der Waals surface area contributed by atoms with Crippen LogP contribution in [-0.4, -0.2) is 57.7 Å². The molecule has 0 spiro atoms. The second kappa shape index (κ2) is 8.70. The van der Waals surface area contributed by atoms with E-state index in [4.69, 9.17) is 0 Å². The summed E-state index contributed by atoms with van der Waals surface area (Å²) in [5, 5.41) is 2.57. The van der Waals surface area contributed by atoms with Gasteiger partial charge < -0.3 is 5.32 Å². The van der Waals surface area contributed by atoms with Crippen molar-refractivity contribution in [1.29, 1.82) is 0 Å². The van der Waals surface area contributed by atoms with Crippen LogP contribution in [0.4, 0.5) is 0 Å². The number of rotatable bonds is 7. The zero-order valence-corrected chi connectivity index (χ0v) is 17.7. The van der Waals surface area contributed by atoms with Gasteiger partial charge in [0.15, 0.2) is 9.84 Å². The lowest BCUT2D eigenvalue weighted by molar-refractivity contribution is 0.0955. The Hall–Kier alpha value is -1.45. The van der Waals surface area contributed by atoms with Gasteiger partial charge in [-0.25, -0.2) is 16.8 Å². The predicted octanol–water partition coefficient (Wildman–Crippen LogP) is 1.72. The van der Waals surface area contributed by atoms with Crippen LogP contribution in [0.2, 0.25) is 0 Å². The van der Waals surface area contributed by atoms with Crippen LogP contribution in [-0.2, 0) is 19.9 Å². The lowest BCUT2D eigenvalue weighted by Crippen LogP contribution is -2.42. The molecule has 1 aliphatic rings. The Morgan fingerprint density at radius 1 is 1.22 bits per heavy atom. The van der Waals surface area contributed by atoms with Crippen LogP contribution >= 0.6 is 0 Å². The summed E-state index contributed by atoms with van der Waals surface area (Å²) in [6, 6.07) is 4.45. The molecule has 7 nitrogen and oxygen atoms in total. The summed E-state index contributed by atoms with van der Waals surface area (Å²) in [6.45, 7) is 5.64. The Morgan fingerprint density at radius 2 is 1.93 bits per heavy atom. The molecule has 1 amide bonds. The lowest BCUT2D eigenvalue weighted by atomic mass is 10.1. The second-order valence-corrected chi connectivity index (χ2v) is 11.3. The van der Waals surface area contributed by atoms with Gasteiger partial charge in [-0.3, -0.25) is 4.79 Å². The first-order valence-electron chi connectivity index (χ1n) is 9.19. The molecule has 1 aromatic rings. The minimum atomic E-state index is -3.67. The van der Waals surface area contributed by atoms with Crippen LogP contribution < -0.4 is 5.32 Å². The van der Waals surface area contributed by atoms with Gasteiger partial charge in [0, 0.05) is 30.4 Å². The molecule has 1 heterocycles. The molecule has 1 saturated heterocycles. The van der Waals surface area contributed by atoms with Crippen LogP contribution in [0.3, 0.4) is 0 Å². The van der Waals surface area contributed by atoms with Gasteiger partial charge in [0.25, 0.3) is 5.91 Å². The minimum absolute atomic E-state index is 0.00537. The van der Waals surface area contributed by atoms with Crippen LogP contribution in [0.5, 0.6) is 0 Å². The minimum Gasteiger partial charge on any atom is -0.351 e. The summed E-state index contributed by atoms with van der Waals surface area (Å²) in [4.78, 5) is 12.5. The number of piperidine rings is 1. The van der Waals surface area contributed by atoms with Crippen molar-refractivity contribution in [3.63, 3.8) is 0 Å². The van der Waals surface area contributed by atoms with E-state index in [9.17, 15) is 21.6 Å². The number of hydrogen-bond acceptors (Lipinski definition) is 5. The van der Waals surface area contributed by atoms with Crippen LogP contribution in [0.25, 0.3) is 0 Å². The average molecular weight is 417 g/mol. The van der Waals surface area contributed by atoms with Gasteiger partial charge >= 0.3 is 0 Å². The first-order valence-corrected chi connectivity index (χ1v) is 12.5. The topological polar surface area (TPSA) is 101 Å². The molecule has 1 aromatic carbocycles. The lowest BCUT2D eigenvalue weighted by Gasteiger charge is -2.32. The first-order chi connectivity index (χ1) is 12.6. The highest BCUT2D eigenvalue weighted by atomic mass is 32.2. The molecule has 9 heteroatoms. The fraction of sp³-hybridized carbons (Fsp3) is 0.611. The number of aryl methyl sites for hydroxylation is 1. The van der Waals surface area contributed by atoms with Gasteiger partial charge in [-0.2, -0.15) is 4.31 Å². The molecule has 2 rings (SSSR count). The number of sulfonamides is 1. The number of carbonyl (C=O) groups excluding carboxylic acids is 1. The maximum Gasteiger partial charge on any atom is 0.251 e. The number of amides is 1. The summed E-state index contributed by atoms with van der Waals surface area (Å²) in [6.07, 6.45) is 2.66. The van der Waals surface area contributed by atoms with E-state index in [2.05, 4.69) is 5.32 Å². The summed E-state index contributed by atoms with van der Waals surface area (Å²) in [5.41, 5.74) is 0.881. The molecule has 1 N–H and O–H groups in total. The van der Waals surface area contributed by atoms with Crippen molar-refractivity contribution in [1.82, 2.24) is 9.62 Å². The van der Waals surface area contributed by atoms with Gasteiger partial charge in [0.2, 0.25) is 10.0 Å². The molecule has 0 aliphatic carbocycles. The molecule has 0 radical (unpaired) electrons. The third-order valence-corrected chi connectivity index (χ3v) is 8.66. The highest BCUT2D eigenvalue weighted by molar-refractivity contribution is 7.91. The quantitative estimate of drug-likeness (QED) is 0.729. The standard InChI is InChI=1S/C18H28N2O5S2/c1-4-26(22,23)12-10-19-18(21)17-13-16(9-8-14(17)2)27(24,25)20-11-6-5-7-15(20)3/h8-9,13,15H,4-7,10-12H2,1-3H3,(H,19,21). The van der Waals surface area contributed by atoms with Crippen LogP contribution in [0.15, 0.2) is 23.1 Å². The maximum atomic E-state index is 13.0. The molecule has 27 heavy (non-hydrogen) atoms. The maximum absolute atomic E-state index is 13.0. The van der Waals surface area contributed by atoms with Crippen molar-refractivity contribution >= 4 is 25.8 Å². The molecule has 0 bridgehead atoms. The molecule has 152 valence electrons. The zero-order valence-electron chi connectivity index (χ0n) is 16.1. The van der Waals surface area contributed by atoms with Crippen molar-refractivity contribution < 1.29 is 21.6 Å². The number of nitrogens with zero attached hydrogens (tertiary/aromatic N) is 1. The largest absolute Gasteiger partial charge is 0.351 e. The number of nitrogens with one attached hydrogen (secondary N) is 1. The van der Waals surface area contributed by atoms with E-state index in [1.165, 1.54) is 16.4 Å². The monoisotopic (exact) mass is 416 g/mol. The van der Waals surface area contributed by atoms with Crippen molar-refractivity contribution in [2.24, 2.45) is 0 Å². The fourth-order valence-electron chi connectivity index (χ4n) is 3.13. The van der Waals surface area contributed by atoms with E-state index in [0.717, 1.165) is 19.3 Å². The third-order valence-electron chi connectivity index (χ3n) is 4.94. The van der Waals surface area contributed by atoms with E-state index in [1.54, 1.807) is 19.9 Å². The van der Waals surface area contributed by atoms with Crippen molar-refractivity contribution in [2.75, 3.05) is 24.6 Å². The first kappa shape index (κ1) is 21.8. The summed E-state index contributed by atoms with van der Waals surface area (Å²) >= 11 is 0. The second-order valence-electron chi connectivity index (χ2n) is 6.93. The Labute approximate surface area is 162 Å². The molecular weight excluding hydrogens is 388 g/mol. The average Bonchev–Trinajstić information content (AvgIpc) is 2.61. The Bertz CT molecular complexity index is 894. The Kier molecular flexibility index (Phi) is 7.04. The van der Waals surface area contributed by atoms with Crippen LogP contribution in [0, 0.1) is 6.92 Å². The molecule has 1 atom stereocenters. The zero-order chi connectivity index (χ0) is 20.2. The number of carbonyl (C=O) groups is 1. The van der Waals surface area contributed by atoms with Gasteiger partial charge in [-0.1, -0.05) is 19.4 Å². The van der Waals surface area contributed by atoms with E-state index in [-0.39, 0.29) is 34.6 Å². The summed E-state index contributed by atoms with van der Waals surface area (Å²) in [7, 11) is -6.85. The van der Waals surface area contributed by atoms with Gasteiger partial charge in [-0.15, -0.1) is 0 Å². The molecule has 1 aliphatic heterocycles. The highest BCUT2D eigenvalue weighted by Crippen LogP contribution is 2.26. The van der Waals surface area contributed by atoms with Gasteiger partial charge in [0.1, 0.15) is 0 Å². The molecule has 1 fully saturated rings. The molecule has 0 saturated carbocycles. The van der Waals surface area contributed by atoms with E-state index in [0.29, 0.717) is 12.1 Å². The van der Waals surface area contributed by atoms with Gasteiger partial charge in [0.05, 0.1) is 10.6 Å². The predicted molar refractivity (Wildman–Crippen MR) is 105 cm³/mol. The number of benzene rings is 1. The SMILES string of the molecule is CCS(=O)(=O)CCNC(=O)c1cc(S(=O)(=O)N2CCCCC2C)ccc1C. The van der Waals surface area contributed by atoms with Crippen molar-refractivity contribution in [3.05, 3.63) is 29.3 Å². The van der Waals surface area contributed by atoms with E-state index < -0.39 is 25.8 Å². The van der Waals surface area contributed by atoms with Crippen LogP contribution in [0.1, 0.15) is 49.0 Å². The van der Waals surface area contributed by atoms with E-state index in [1.807, 2.05) is 6.92 Å². The Balaban J connectivity index is 2.21. The third kappa shape index (κ3) is 5.30. The normalized spacial score (nSPS) is 19.0. The number of hydrogen-bond donors (Lipinski definition) is 1. The molecule has 1 unspecified atom stereocenters.